The fourth-order valence-electron chi connectivity index (χ4n) is 3.95. The predicted molar refractivity (Wildman–Crippen MR) is 92.6 cm³/mol. The van der Waals surface area contributed by atoms with Gasteiger partial charge in [0.25, 0.3) is 0 Å². The summed E-state index contributed by atoms with van der Waals surface area (Å²) in [5.74, 6) is 0.00353. The van der Waals surface area contributed by atoms with Crippen LogP contribution in [0.2, 0.25) is 0 Å². The Labute approximate surface area is 142 Å². The predicted octanol–water partition coefficient (Wildman–Crippen LogP) is 3.05. The van der Waals surface area contributed by atoms with Crippen LogP contribution in [0.15, 0.2) is 18.0 Å². The number of fused-ring (bicyclic) bond motifs is 2. The number of hydrogen-bond donors (Lipinski definition) is 1. The molecule has 1 amide bonds. The molecule has 1 aromatic heterocycles. The molecule has 2 aliphatic rings. The smallest absolute Gasteiger partial charge is 0.246 e. The van der Waals surface area contributed by atoms with E-state index in [1.807, 2.05) is 4.90 Å². The minimum Gasteiger partial charge on any atom is -0.389 e. The molecule has 4 nitrogen and oxygen atoms in total. The monoisotopic (exact) mass is 334 g/mol. The number of piperidine rings is 1. The molecule has 2 saturated heterocycles. The lowest BCUT2D eigenvalue weighted by Crippen LogP contribution is -2.53. The van der Waals surface area contributed by atoms with E-state index >= 15 is 0 Å². The van der Waals surface area contributed by atoms with E-state index in [9.17, 15) is 9.90 Å². The van der Waals surface area contributed by atoms with E-state index < -0.39 is 5.60 Å². The van der Waals surface area contributed by atoms with E-state index in [1.54, 1.807) is 11.3 Å². The average Bonchev–Trinajstić information content (AvgIpc) is 3.01. The van der Waals surface area contributed by atoms with E-state index in [0.29, 0.717) is 19.3 Å². The van der Waals surface area contributed by atoms with Crippen LogP contribution in [0.3, 0.4) is 0 Å². The molecule has 0 aliphatic carbocycles. The van der Waals surface area contributed by atoms with Crippen molar-refractivity contribution in [2.45, 2.75) is 76.0 Å². The fraction of sp³-hybridized carbons (Fsp3) is 0.667. The number of hydrogen-bond acceptors (Lipinski definition) is 4. The van der Waals surface area contributed by atoms with Crippen molar-refractivity contribution in [2.75, 3.05) is 0 Å². The van der Waals surface area contributed by atoms with Gasteiger partial charge in [-0.15, -0.1) is 11.3 Å². The van der Waals surface area contributed by atoms with Crippen molar-refractivity contribution >= 4 is 17.2 Å². The van der Waals surface area contributed by atoms with Crippen LogP contribution >= 0.6 is 11.3 Å². The standard InChI is InChI=1S/C18H26N2O2S/c1-5-16(21)20-12-6-7-13(20)9-18(22,8-12)10-15-19-14(11-23-15)17(2,3)4/h5,11-13,22H,1,6-10H2,2-4H3. The van der Waals surface area contributed by atoms with E-state index in [1.165, 1.54) is 6.08 Å². The number of amides is 1. The second-order valence-electron chi connectivity index (χ2n) is 8.02. The number of aromatic nitrogens is 1. The molecule has 2 aliphatic heterocycles. The Hall–Kier alpha value is -1.20. The molecule has 0 spiro atoms. The lowest BCUT2D eigenvalue weighted by atomic mass is 9.83. The molecular formula is C18H26N2O2S. The molecule has 23 heavy (non-hydrogen) atoms. The summed E-state index contributed by atoms with van der Waals surface area (Å²) in [5.41, 5.74) is 0.385. The first-order valence-electron chi connectivity index (χ1n) is 8.34. The van der Waals surface area contributed by atoms with Crippen molar-refractivity contribution in [1.82, 2.24) is 9.88 Å². The Balaban J connectivity index is 1.73. The van der Waals surface area contributed by atoms with Crippen molar-refractivity contribution in [3.63, 3.8) is 0 Å². The summed E-state index contributed by atoms with van der Waals surface area (Å²) in [4.78, 5) is 18.7. The molecular weight excluding hydrogens is 308 g/mol. The van der Waals surface area contributed by atoms with Crippen molar-refractivity contribution in [2.24, 2.45) is 0 Å². The van der Waals surface area contributed by atoms with Crippen molar-refractivity contribution in [3.8, 4) is 0 Å². The molecule has 0 radical (unpaired) electrons. The molecule has 126 valence electrons. The first-order chi connectivity index (χ1) is 10.7. The third-order valence-corrected chi connectivity index (χ3v) is 5.93. The Morgan fingerprint density at radius 3 is 2.57 bits per heavy atom. The molecule has 5 heteroatoms. The molecule has 0 aromatic carbocycles. The van der Waals surface area contributed by atoms with Crippen LogP contribution in [0, 0.1) is 0 Å². The van der Waals surface area contributed by atoms with Crippen LogP contribution < -0.4 is 0 Å². The van der Waals surface area contributed by atoms with Crippen LogP contribution in [0.25, 0.3) is 0 Å². The highest BCUT2D eigenvalue weighted by atomic mass is 32.1. The van der Waals surface area contributed by atoms with Crippen molar-refractivity contribution in [3.05, 3.63) is 28.7 Å². The molecule has 2 bridgehead atoms. The second kappa shape index (κ2) is 5.71. The fourth-order valence-corrected chi connectivity index (χ4v) is 5.11. The van der Waals surface area contributed by atoms with Gasteiger partial charge in [0.05, 0.1) is 16.3 Å². The summed E-state index contributed by atoms with van der Waals surface area (Å²) >= 11 is 1.64. The summed E-state index contributed by atoms with van der Waals surface area (Å²) in [7, 11) is 0. The van der Waals surface area contributed by atoms with Crippen LogP contribution in [-0.4, -0.2) is 38.6 Å². The molecule has 2 unspecified atom stereocenters. The Bertz CT molecular complexity index is 603. The van der Waals surface area contributed by atoms with Gasteiger partial charge in [-0.2, -0.15) is 0 Å². The second-order valence-corrected chi connectivity index (χ2v) is 8.96. The van der Waals surface area contributed by atoms with E-state index in [0.717, 1.165) is 23.5 Å². The van der Waals surface area contributed by atoms with Gasteiger partial charge < -0.3 is 10.0 Å². The Morgan fingerprint density at radius 2 is 2.09 bits per heavy atom. The van der Waals surface area contributed by atoms with Gasteiger partial charge in [-0.1, -0.05) is 27.4 Å². The highest BCUT2D eigenvalue weighted by Crippen LogP contribution is 2.42. The first-order valence-corrected chi connectivity index (χ1v) is 9.22. The van der Waals surface area contributed by atoms with Gasteiger partial charge in [-0.25, -0.2) is 4.98 Å². The number of aliphatic hydroxyl groups is 1. The van der Waals surface area contributed by atoms with Gasteiger partial charge in [-0.3, -0.25) is 4.79 Å². The minimum absolute atomic E-state index is 0.00353. The van der Waals surface area contributed by atoms with Gasteiger partial charge in [-0.05, 0) is 31.8 Å². The summed E-state index contributed by atoms with van der Waals surface area (Å²) in [5, 5.41) is 14.2. The lowest BCUT2D eigenvalue weighted by molar-refractivity contribution is -0.135. The van der Waals surface area contributed by atoms with Crippen LogP contribution in [0.1, 0.15) is 57.2 Å². The van der Waals surface area contributed by atoms with Gasteiger partial charge in [0, 0.05) is 29.3 Å². The summed E-state index contributed by atoms with van der Waals surface area (Å²) in [6.07, 6.45) is 5.25. The largest absolute Gasteiger partial charge is 0.389 e. The Morgan fingerprint density at radius 1 is 1.48 bits per heavy atom. The SMILES string of the molecule is C=CC(=O)N1C2CCC1CC(O)(Cc1nc(C(C)(C)C)cs1)C2. The number of nitrogens with zero attached hydrogens (tertiary/aromatic N) is 2. The highest BCUT2D eigenvalue weighted by molar-refractivity contribution is 7.09. The van der Waals surface area contributed by atoms with Crippen LogP contribution in [0.5, 0.6) is 0 Å². The quantitative estimate of drug-likeness (QED) is 0.865. The molecule has 2 atom stereocenters. The summed E-state index contributed by atoms with van der Waals surface area (Å²) < 4.78 is 0. The zero-order valence-electron chi connectivity index (χ0n) is 14.2. The van der Waals surface area contributed by atoms with Gasteiger partial charge in [0.1, 0.15) is 0 Å². The average molecular weight is 334 g/mol. The van der Waals surface area contributed by atoms with Gasteiger partial charge >= 0.3 is 0 Å². The van der Waals surface area contributed by atoms with E-state index in [-0.39, 0.29) is 23.4 Å². The topological polar surface area (TPSA) is 53.4 Å². The minimum atomic E-state index is -0.739. The molecule has 1 N–H and O–H groups in total. The van der Waals surface area contributed by atoms with E-state index in [2.05, 4.69) is 32.7 Å². The third-order valence-electron chi connectivity index (χ3n) is 5.08. The van der Waals surface area contributed by atoms with Crippen molar-refractivity contribution in [1.29, 1.82) is 0 Å². The number of thiazole rings is 1. The molecule has 2 fully saturated rings. The Kier molecular flexibility index (Phi) is 4.13. The maximum absolute atomic E-state index is 12.0. The van der Waals surface area contributed by atoms with Gasteiger partial charge in [0.15, 0.2) is 0 Å². The maximum Gasteiger partial charge on any atom is 0.246 e. The summed E-state index contributed by atoms with van der Waals surface area (Å²) in [6, 6.07) is 0.289. The zero-order chi connectivity index (χ0) is 16.8. The maximum atomic E-state index is 12.0. The van der Waals surface area contributed by atoms with E-state index in [4.69, 9.17) is 4.98 Å². The van der Waals surface area contributed by atoms with Crippen LogP contribution in [0.4, 0.5) is 0 Å². The van der Waals surface area contributed by atoms with Crippen molar-refractivity contribution < 1.29 is 9.90 Å². The summed E-state index contributed by atoms with van der Waals surface area (Å²) in [6.45, 7) is 10.1. The molecule has 3 rings (SSSR count). The van der Waals surface area contributed by atoms with Gasteiger partial charge in [0.2, 0.25) is 5.91 Å². The van der Waals surface area contributed by atoms with Crippen LogP contribution in [-0.2, 0) is 16.6 Å². The third kappa shape index (κ3) is 3.22. The molecule has 0 saturated carbocycles. The number of carbonyl (C=O) groups is 1. The zero-order valence-corrected chi connectivity index (χ0v) is 15.0. The number of carbonyl (C=O) groups excluding carboxylic acids is 1. The molecule has 3 heterocycles. The normalized spacial score (nSPS) is 30.5. The number of rotatable bonds is 3. The highest BCUT2D eigenvalue weighted by Gasteiger charge is 2.49. The lowest BCUT2D eigenvalue weighted by Gasteiger charge is -2.43. The molecule has 1 aromatic rings. The first kappa shape index (κ1) is 16.7.